The first-order valence-electron chi connectivity index (χ1n) is 9.19. The number of benzene rings is 1. The van der Waals surface area contributed by atoms with Crippen molar-refractivity contribution in [1.82, 2.24) is 20.6 Å². The summed E-state index contributed by atoms with van der Waals surface area (Å²) < 4.78 is 40.4. The van der Waals surface area contributed by atoms with Gasteiger partial charge in [0.05, 0.1) is 4.88 Å². The Morgan fingerprint density at radius 1 is 1.23 bits per heavy atom. The second kappa shape index (κ2) is 9.00. The number of unbranched alkanes of at least 4 members (excludes halogenated alkanes) is 1. The standard InChI is InChI=1S/C19H20F3N5OS2/c1-3-4-5-11-6-8-12(9-7-11)23-18(29)25-24-16(28)14-10-13-15(19(20,21)22)26-27(2)17(13)30-14/h6-10H,3-5H2,1-2H3,(H,24,28)(H2,23,25,29). The van der Waals surface area contributed by atoms with Gasteiger partial charge in [-0.1, -0.05) is 25.5 Å². The van der Waals surface area contributed by atoms with E-state index in [0.29, 0.717) is 0 Å². The number of hydrazine groups is 1. The van der Waals surface area contributed by atoms with E-state index in [9.17, 15) is 18.0 Å². The molecule has 30 heavy (non-hydrogen) atoms. The Morgan fingerprint density at radius 2 is 1.93 bits per heavy atom. The van der Waals surface area contributed by atoms with Gasteiger partial charge in [-0.05, 0) is 48.8 Å². The van der Waals surface area contributed by atoms with E-state index in [-0.39, 0.29) is 20.2 Å². The van der Waals surface area contributed by atoms with Crippen molar-refractivity contribution in [1.29, 1.82) is 0 Å². The van der Waals surface area contributed by atoms with Gasteiger partial charge in [0, 0.05) is 18.1 Å². The fourth-order valence-electron chi connectivity index (χ4n) is 2.84. The molecule has 160 valence electrons. The number of aromatic nitrogens is 2. The van der Waals surface area contributed by atoms with Crippen LogP contribution in [0.15, 0.2) is 30.3 Å². The average Bonchev–Trinajstić information content (AvgIpc) is 3.26. The normalized spacial score (nSPS) is 11.5. The van der Waals surface area contributed by atoms with Crippen molar-refractivity contribution in [2.45, 2.75) is 32.4 Å². The highest BCUT2D eigenvalue weighted by molar-refractivity contribution is 7.80. The number of amides is 1. The molecule has 2 aromatic heterocycles. The molecule has 0 fully saturated rings. The van der Waals surface area contributed by atoms with Crippen molar-refractivity contribution in [3.63, 3.8) is 0 Å². The Balaban J connectivity index is 1.59. The number of nitrogens with one attached hydrogen (secondary N) is 3. The Morgan fingerprint density at radius 3 is 2.57 bits per heavy atom. The third-order valence-corrected chi connectivity index (χ3v) is 5.73. The SMILES string of the molecule is CCCCc1ccc(NC(=S)NNC(=O)c2cc3c(C(F)(F)F)nn(C)c3s2)cc1. The van der Waals surface area contributed by atoms with Gasteiger partial charge in [0.25, 0.3) is 5.91 Å². The molecule has 6 nitrogen and oxygen atoms in total. The van der Waals surface area contributed by atoms with Crippen LogP contribution in [0.4, 0.5) is 18.9 Å². The molecule has 0 bridgehead atoms. The van der Waals surface area contributed by atoms with E-state index in [4.69, 9.17) is 12.2 Å². The Labute approximate surface area is 180 Å². The zero-order valence-corrected chi connectivity index (χ0v) is 17.9. The fourth-order valence-corrected chi connectivity index (χ4v) is 3.97. The molecule has 0 saturated carbocycles. The summed E-state index contributed by atoms with van der Waals surface area (Å²) in [7, 11) is 1.40. The van der Waals surface area contributed by atoms with Crippen LogP contribution in [-0.4, -0.2) is 20.8 Å². The number of thiophene rings is 1. The number of halogens is 3. The lowest BCUT2D eigenvalue weighted by atomic mass is 10.1. The molecule has 0 aliphatic rings. The first kappa shape index (κ1) is 22.0. The molecule has 0 atom stereocenters. The molecule has 3 N–H and O–H groups in total. The zero-order valence-electron chi connectivity index (χ0n) is 16.3. The first-order valence-corrected chi connectivity index (χ1v) is 10.4. The number of rotatable bonds is 5. The summed E-state index contributed by atoms with van der Waals surface area (Å²) in [4.78, 5) is 12.7. The zero-order chi connectivity index (χ0) is 21.9. The summed E-state index contributed by atoms with van der Waals surface area (Å²) in [5.41, 5.74) is 5.92. The van der Waals surface area contributed by atoms with Gasteiger partial charge in [-0.15, -0.1) is 11.3 Å². The molecular formula is C19H20F3N5OS2. The van der Waals surface area contributed by atoms with Crippen LogP contribution in [0.2, 0.25) is 0 Å². The van der Waals surface area contributed by atoms with Crippen LogP contribution >= 0.6 is 23.6 Å². The summed E-state index contributed by atoms with van der Waals surface area (Å²) >= 11 is 6.07. The maximum absolute atomic E-state index is 13.1. The van der Waals surface area contributed by atoms with E-state index in [1.165, 1.54) is 18.7 Å². The number of hydrogen-bond donors (Lipinski definition) is 3. The predicted octanol–water partition coefficient (Wildman–Crippen LogP) is 4.63. The van der Waals surface area contributed by atoms with E-state index in [0.717, 1.165) is 41.0 Å². The van der Waals surface area contributed by atoms with Gasteiger partial charge >= 0.3 is 6.18 Å². The van der Waals surface area contributed by atoms with E-state index in [1.807, 2.05) is 24.3 Å². The average molecular weight is 456 g/mol. The van der Waals surface area contributed by atoms with E-state index in [2.05, 4.69) is 28.2 Å². The molecule has 0 radical (unpaired) electrons. The first-order chi connectivity index (χ1) is 14.2. The molecular weight excluding hydrogens is 435 g/mol. The second-order valence-electron chi connectivity index (χ2n) is 6.63. The lowest BCUT2D eigenvalue weighted by Gasteiger charge is -2.11. The summed E-state index contributed by atoms with van der Waals surface area (Å²) in [5, 5.41) is 6.48. The fraction of sp³-hybridized carbons (Fsp3) is 0.316. The largest absolute Gasteiger partial charge is 0.435 e. The molecule has 1 amide bonds. The summed E-state index contributed by atoms with van der Waals surface area (Å²) in [6.07, 6.45) is -1.33. The number of anilines is 1. The Bertz CT molecular complexity index is 1060. The van der Waals surface area contributed by atoms with Gasteiger partial charge in [0.15, 0.2) is 10.8 Å². The molecule has 3 aromatic rings. The minimum Gasteiger partial charge on any atom is -0.331 e. The van der Waals surface area contributed by atoms with Crippen LogP contribution in [0.25, 0.3) is 10.2 Å². The van der Waals surface area contributed by atoms with Crippen molar-refractivity contribution in [3.8, 4) is 0 Å². The number of nitrogens with zero attached hydrogens (tertiary/aromatic N) is 2. The number of thiocarbonyl (C=S) groups is 1. The smallest absolute Gasteiger partial charge is 0.331 e. The van der Waals surface area contributed by atoms with Crippen LogP contribution in [-0.2, 0) is 19.6 Å². The topological polar surface area (TPSA) is 71.0 Å². The highest BCUT2D eigenvalue weighted by Crippen LogP contribution is 2.37. The molecule has 0 aliphatic heterocycles. The molecule has 0 aliphatic carbocycles. The van der Waals surface area contributed by atoms with E-state index < -0.39 is 17.8 Å². The third kappa shape index (κ3) is 5.08. The van der Waals surface area contributed by atoms with Gasteiger partial charge in [-0.25, -0.2) is 0 Å². The number of carbonyl (C=O) groups is 1. The van der Waals surface area contributed by atoms with Crippen LogP contribution < -0.4 is 16.2 Å². The summed E-state index contributed by atoms with van der Waals surface area (Å²) in [5.74, 6) is -0.594. The predicted molar refractivity (Wildman–Crippen MR) is 115 cm³/mol. The van der Waals surface area contributed by atoms with Crippen molar-refractivity contribution in [2.24, 2.45) is 7.05 Å². The number of alkyl halides is 3. The number of carbonyl (C=O) groups excluding carboxylic acids is 1. The van der Waals surface area contributed by atoms with Crippen LogP contribution in [0.1, 0.15) is 40.7 Å². The Kier molecular flexibility index (Phi) is 6.61. The van der Waals surface area contributed by atoms with Gasteiger partial charge in [0.2, 0.25) is 0 Å². The maximum Gasteiger partial charge on any atom is 0.435 e. The van der Waals surface area contributed by atoms with Gasteiger partial charge in [0.1, 0.15) is 4.83 Å². The lowest BCUT2D eigenvalue weighted by molar-refractivity contribution is -0.140. The van der Waals surface area contributed by atoms with Crippen LogP contribution in [0, 0.1) is 0 Å². The molecule has 0 saturated heterocycles. The third-order valence-electron chi connectivity index (χ3n) is 4.32. The maximum atomic E-state index is 13.1. The Hall–Kier alpha value is -2.66. The van der Waals surface area contributed by atoms with E-state index >= 15 is 0 Å². The molecule has 1 aromatic carbocycles. The van der Waals surface area contributed by atoms with Gasteiger partial charge in [-0.3, -0.25) is 20.3 Å². The number of fused-ring (bicyclic) bond motifs is 1. The minimum atomic E-state index is -4.59. The van der Waals surface area contributed by atoms with Crippen LogP contribution in [0.5, 0.6) is 0 Å². The van der Waals surface area contributed by atoms with Gasteiger partial charge in [-0.2, -0.15) is 18.3 Å². The number of hydrogen-bond acceptors (Lipinski definition) is 4. The molecule has 11 heteroatoms. The summed E-state index contributed by atoms with van der Waals surface area (Å²) in [6.45, 7) is 2.14. The van der Waals surface area contributed by atoms with Gasteiger partial charge < -0.3 is 5.32 Å². The van der Waals surface area contributed by atoms with Crippen LogP contribution in [0.3, 0.4) is 0 Å². The molecule has 3 rings (SSSR count). The van der Waals surface area contributed by atoms with E-state index in [1.54, 1.807) is 0 Å². The van der Waals surface area contributed by atoms with Crippen molar-refractivity contribution >= 4 is 50.5 Å². The van der Waals surface area contributed by atoms with Crippen molar-refractivity contribution < 1.29 is 18.0 Å². The highest BCUT2D eigenvalue weighted by atomic mass is 32.1. The van der Waals surface area contributed by atoms with Crippen molar-refractivity contribution in [2.75, 3.05) is 5.32 Å². The summed E-state index contributed by atoms with van der Waals surface area (Å²) in [6, 6.07) is 8.96. The monoisotopic (exact) mass is 455 g/mol. The number of aryl methyl sites for hydroxylation is 2. The molecule has 0 unspecified atom stereocenters. The quantitative estimate of drug-likeness (QED) is 0.387. The molecule has 2 heterocycles. The highest BCUT2D eigenvalue weighted by Gasteiger charge is 2.37. The minimum absolute atomic E-state index is 0.107. The lowest BCUT2D eigenvalue weighted by Crippen LogP contribution is -2.43. The molecule has 0 spiro atoms. The second-order valence-corrected chi connectivity index (χ2v) is 8.07. The van der Waals surface area contributed by atoms with Crippen molar-refractivity contribution in [3.05, 3.63) is 46.5 Å².